The molecule has 2 saturated heterocycles. The third-order valence-electron chi connectivity index (χ3n) is 10.4. The van der Waals surface area contributed by atoms with Crippen molar-refractivity contribution in [3.05, 3.63) is 139 Å². The van der Waals surface area contributed by atoms with E-state index in [1.54, 1.807) is 18.2 Å². The molecule has 14 nitrogen and oxygen atoms in total. The predicted molar refractivity (Wildman–Crippen MR) is 230 cm³/mol. The molecule has 0 radical (unpaired) electrons. The molecular weight excluding hydrogens is 934 g/mol. The second kappa shape index (κ2) is 19.5. The Morgan fingerprint density at radius 2 is 1.06 bits per heavy atom. The molecule has 0 amide bonds. The smallest absolute Gasteiger partial charge is 0.416 e. The molecule has 2 aliphatic heterocycles. The highest BCUT2D eigenvalue weighted by atomic mass is 79.9. The first-order valence-corrected chi connectivity index (χ1v) is 23.2. The summed E-state index contributed by atoms with van der Waals surface area (Å²) in [6.45, 7) is 1.01. The van der Waals surface area contributed by atoms with E-state index in [9.17, 15) is 49.2 Å². The highest BCUT2D eigenvalue weighted by Crippen LogP contribution is 2.34. The number of halogens is 4. The molecule has 7 rings (SSSR count). The second-order valence-electron chi connectivity index (χ2n) is 14.6. The summed E-state index contributed by atoms with van der Waals surface area (Å²) < 4.78 is 107. The Hall–Kier alpha value is -5.41. The van der Waals surface area contributed by atoms with Crippen molar-refractivity contribution in [2.45, 2.75) is 54.7 Å². The number of pyridine rings is 2. The van der Waals surface area contributed by atoms with Crippen molar-refractivity contribution < 1.29 is 49.1 Å². The van der Waals surface area contributed by atoms with Gasteiger partial charge in [0.15, 0.2) is 11.6 Å². The number of rotatable bonds is 13. The van der Waals surface area contributed by atoms with E-state index in [1.165, 1.54) is 77.6 Å². The minimum atomic E-state index is -4.50. The van der Waals surface area contributed by atoms with Crippen LogP contribution in [0.4, 0.5) is 13.2 Å². The number of carbonyl (C=O) groups is 2. The summed E-state index contributed by atoms with van der Waals surface area (Å²) in [5.41, 5.74) is -0.679. The summed E-state index contributed by atoms with van der Waals surface area (Å²) in [5, 5.41) is 0. The molecule has 5 aromatic rings. The number of ketones is 2. The molecule has 2 fully saturated rings. The van der Waals surface area contributed by atoms with Crippen molar-refractivity contribution in [3.63, 3.8) is 0 Å². The van der Waals surface area contributed by atoms with Crippen molar-refractivity contribution in [2.75, 3.05) is 40.4 Å². The van der Waals surface area contributed by atoms with Crippen LogP contribution in [0.2, 0.25) is 0 Å². The molecular formula is C43H42BrF3N4O10S2. The van der Waals surface area contributed by atoms with Gasteiger partial charge < -0.3 is 18.6 Å². The first-order chi connectivity index (χ1) is 29.8. The van der Waals surface area contributed by atoms with Crippen LogP contribution in [-0.2, 0) is 39.3 Å². The summed E-state index contributed by atoms with van der Waals surface area (Å²) in [5.74, 6) is -0.385. The largest absolute Gasteiger partial charge is 0.496 e. The zero-order valence-electron chi connectivity index (χ0n) is 34.0. The number of hydrogen-bond acceptors (Lipinski definition) is 10. The Balaban J connectivity index is 0.000000219. The van der Waals surface area contributed by atoms with Gasteiger partial charge in [-0.25, -0.2) is 16.8 Å². The lowest BCUT2D eigenvalue weighted by Gasteiger charge is -2.16. The molecule has 0 unspecified atom stereocenters. The van der Waals surface area contributed by atoms with Gasteiger partial charge in [-0.1, -0.05) is 34.1 Å². The van der Waals surface area contributed by atoms with Crippen LogP contribution in [0, 0.1) is 0 Å². The highest BCUT2D eigenvalue weighted by molar-refractivity contribution is 9.10. The fourth-order valence-electron chi connectivity index (χ4n) is 7.08. The molecule has 0 aliphatic carbocycles. The summed E-state index contributed by atoms with van der Waals surface area (Å²) in [4.78, 5) is 50.2. The topological polar surface area (TPSA) is 171 Å². The number of alkyl halides is 3. The maximum absolute atomic E-state index is 13.1. The van der Waals surface area contributed by atoms with Gasteiger partial charge in [0.2, 0.25) is 20.0 Å². The lowest BCUT2D eigenvalue weighted by atomic mass is 9.99. The molecule has 3 aromatic carbocycles. The zero-order chi connectivity index (χ0) is 45.7. The fraction of sp³-hybridized carbons (Fsp3) is 0.302. The van der Waals surface area contributed by atoms with Crippen LogP contribution in [0.25, 0.3) is 11.1 Å². The van der Waals surface area contributed by atoms with Crippen LogP contribution in [0.15, 0.2) is 121 Å². The third kappa shape index (κ3) is 10.9. The Morgan fingerprint density at radius 1 is 0.619 bits per heavy atom. The van der Waals surface area contributed by atoms with Crippen molar-refractivity contribution >= 4 is 47.5 Å². The van der Waals surface area contributed by atoms with Crippen LogP contribution in [0.3, 0.4) is 0 Å². The lowest BCUT2D eigenvalue weighted by Crippen LogP contribution is -2.30. The fourth-order valence-corrected chi connectivity index (χ4v) is 10.5. The third-order valence-corrected chi connectivity index (χ3v) is 14.7. The van der Waals surface area contributed by atoms with E-state index in [0.717, 1.165) is 63.7 Å². The van der Waals surface area contributed by atoms with Crippen molar-refractivity contribution in [1.29, 1.82) is 0 Å². The van der Waals surface area contributed by atoms with Gasteiger partial charge in [0, 0.05) is 55.2 Å². The monoisotopic (exact) mass is 974 g/mol. The molecule has 63 heavy (non-hydrogen) atoms. The molecule has 0 spiro atoms. The predicted octanol–water partition coefficient (Wildman–Crippen LogP) is 6.50. The molecule has 0 atom stereocenters. The maximum Gasteiger partial charge on any atom is 0.416 e. The number of nitrogens with zero attached hydrogens (tertiary/aromatic N) is 4. The van der Waals surface area contributed by atoms with Gasteiger partial charge in [0.25, 0.3) is 11.1 Å². The molecule has 2 aromatic heterocycles. The van der Waals surface area contributed by atoms with Gasteiger partial charge in [0.05, 0.1) is 53.8 Å². The molecule has 0 bridgehead atoms. The molecule has 20 heteroatoms. The van der Waals surface area contributed by atoms with E-state index in [4.69, 9.17) is 9.47 Å². The van der Waals surface area contributed by atoms with Crippen molar-refractivity contribution in [3.8, 4) is 22.6 Å². The van der Waals surface area contributed by atoms with Crippen LogP contribution in [-0.4, -0.2) is 86.5 Å². The standard InChI is InChI=1S/C25H23F3N2O5S.C18H19BrN2O5S/c1-35-23-14-18(17-5-4-6-19(13-17)25(26,27)28)7-9-21(23)22(31)16-29-15-20(8-10-24(29)32)36(33,34)30-11-2-3-12-30;1-26-17-10-13(19)4-6-15(17)16(22)12-20-11-14(5-7-18(20)23)27(24,25)21-8-2-3-9-21/h4-10,13-15H,2-3,11-12,16H2,1H3;4-7,10-11H,2-3,8-9,12H2,1H3. The van der Waals surface area contributed by atoms with Gasteiger partial charge in [-0.15, -0.1) is 0 Å². The minimum Gasteiger partial charge on any atom is -0.496 e. The first kappa shape index (κ1) is 47.1. The number of benzene rings is 3. The lowest BCUT2D eigenvalue weighted by molar-refractivity contribution is -0.137. The van der Waals surface area contributed by atoms with Crippen LogP contribution < -0.4 is 20.6 Å². The minimum absolute atomic E-state index is 0.0135. The normalized spacial score (nSPS) is 14.8. The number of hydrogen-bond donors (Lipinski definition) is 0. The second-order valence-corrected chi connectivity index (χ2v) is 19.4. The Bertz CT molecular complexity index is 2870. The Labute approximate surface area is 369 Å². The number of Topliss-reactive ketones (excluding diaryl/α,β-unsaturated/α-hetero) is 2. The average molecular weight is 976 g/mol. The van der Waals surface area contributed by atoms with Gasteiger partial charge in [-0.05, 0) is 91.4 Å². The number of sulfonamides is 2. The average Bonchev–Trinajstić information content (AvgIpc) is 4.02. The quantitative estimate of drug-likeness (QED) is 0.119. The first-order valence-electron chi connectivity index (χ1n) is 19.5. The summed E-state index contributed by atoms with van der Waals surface area (Å²) in [6, 6.07) is 18.9. The SMILES string of the molecule is COc1cc(-c2cccc(C(F)(F)F)c2)ccc1C(=O)Cn1cc(S(=O)(=O)N2CCCC2)ccc1=O.COc1cc(Br)ccc1C(=O)Cn1cc(S(=O)(=O)N2CCCC2)ccc1=O. The van der Waals surface area contributed by atoms with Gasteiger partial charge in [-0.2, -0.15) is 21.8 Å². The van der Waals surface area contributed by atoms with E-state index < -0.39 is 55.2 Å². The molecule has 4 heterocycles. The van der Waals surface area contributed by atoms with E-state index in [2.05, 4.69) is 15.9 Å². The van der Waals surface area contributed by atoms with Gasteiger partial charge >= 0.3 is 6.18 Å². The van der Waals surface area contributed by atoms with E-state index in [0.29, 0.717) is 43.1 Å². The summed E-state index contributed by atoms with van der Waals surface area (Å²) in [7, 11) is -4.68. The van der Waals surface area contributed by atoms with Crippen LogP contribution in [0.1, 0.15) is 52.0 Å². The molecule has 0 saturated carbocycles. The van der Waals surface area contributed by atoms with E-state index in [1.807, 2.05) is 0 Å². The van der Waals surface area contributed by atoms with Crippen molar-refractivity contribution in [2.24, 2.45) is 0 Å². The van der Waals surface area contributed by atoms with E-state index >= 15 is 0 Å². The van der Waals surface area contributed by atoms with Gasteiger partial charge in [0.1, 0.15) is 11.5 Å². The van der Waals surface area contributed by atoms with E-state index in [-0.39, 0.29) is 39.0 Å². The number of aromatic nitrogens is 2. The van der Waals surface area contributed by atoms with Crippen LogP contribution >= 0.6 is 15.9 Å². The zero-order valence-corrected chi connectivity index (χ0v) is 37.2. The van der Waals surface area contributed by atoms with Crippen LogP contribution in [0.5, 0.6) is 11.5 Å². The molecule has 2 aliphatic rings. The Kier molecular flexibility index (Phi) is 14.6. The van der Waals surface area contributed by atoms with Gasteiger partial charge in [-0.3, -0.25) is 19.2 Å². The summed E-state index contributed by atoms with van der Waals surface area (Å²) in [6.07, 6.45) is 1.04. The molecule has 0 N–H and O–H groups in total. The number of carbonyl (C=O) groups excluding carboxylic acids is 2. The number of ether oxygens (including phenoxy) is 2. The van der Waals surface area contributed by atoms with Crippen molar-refractivity contribution in [1.82, 2.24) is 17.7 Å². The molecule has 334 valence electrons. The summed E-state index contributed by atoms with van der Waals surface area (Å²) >= 11 is 3.31. The highest BCUT2D eigenvalue weighted by Gasteiger charge is 2.31. The maximum atomic E-state index is 13.1. The number of methoxy groups -OCH3 is 2. The Morgan fingerprint density at radius 3 is 1.52 bits per heavy atom.